The molecule has 8 heteroatoms. The summed E-state index contributed by atoms with van der Waals surface area (Å²) in [6.07, 6.45) is 1.56. The van der Waals surface area contributed by atoms with Gasteiger partial charge in [-0.2, -0.15) is 0 Å². The first-order valence-electron chi connectivity index (χ1n) is 10.7. The Morgan fingerprint density at radius 2 is 1.94 bits per heavy atom. The summed E-state index contributed by atoms with van der Waals surface area (Å²) in [7, 11) is 0. The van der Waals surface area contributed by atoms with Crippen molar-refractivity contribution in [2.75, 3.05) is 18.4 Å². The number of anilines is 1. The molecule has 2 amide bonds. The van der Waals surface area contributed by atoms with E-state index in [0.717, 1.165) is 17.0 Å². The quantitative estimate of drug-likeness (QED) is 0.559. The van der Waals surface area contributed by atoms with Gasteiger partial charge in [-0.3, -0.25) is 9.59 Å². The molecule has 1 saturated heterocycles. The third kappa shape index (κ3) is 5.56. The number of benzene rings is 2. The number of hydrogen-bond donors (Lipinski definition) is 1. The molecule has 32 heavy (non-hydrogen) atoms. The van der Waals surface area contributed by atoms with Gasteiger partial charge in [-0.1, -0.05) is 60.7 Å². The maximum atomic E-state index is 13.0. The van der Waals surface area contributed by atoms with Gasteiger partial charge in [0.1, 0.15) is 10.8 Å². The standard InChI is InChI=1S/C24H25FN4O2S/c1-16(18-5-3-2-4-6-18)13-21-27-28-24(32-21)26-23(31)19-14-22(30)29(15-19)12-11-17-7-9-20(25)10-8-17/h2-10,16,19H,11-15H2,1H3,(H,26,28,31)/t16-,19+/m0/s1. The zero-order chi connectivity index (χ0) is 22.5. The largest absolute Gasteiger partial charge is 0.342 e. The highest BCUT2D eigenvalue weighted by Crippen LogP contribution is 2.25. The fraction of sp³-hybridized carbons (Fsp3) is 0.333. The van der Waals surface area contributed by atoms with Gasteiger partial charge in [-0.15, -0.1) is 10.2 Å². The Morgan fingerprint density at radius 3 is 2.69 bits per heavy atom. The molecule has 1 aliphatic rings. The van der Waals surface area contributed by atoms with Gasteiger partial charge in [0.25, 0.3) is 0 Å². The molecule has 1 aliphatic heterocycles. The number of nitrogens with one attached hydrogen (secondary N) is 1. The van der Waals surface area contributed by atoms with Gasteiger partial charge in [0.15, 0.2) is 0 Å². The van der Waals surface area contributed by atoms with Gasteiger partial charge in [0.05, 0.1) is 5.92 Å². The summed E-state index contributed by atoms with van der Waals surface area (Å²) < 4.78 is 13.0. The molecule has 166 valence electrons. The minimum Gasteiger partial charge on any atom is -0.342 e. The van der Waals surface area contributed by atoms with Crippen molar-refractivity contribution in [2.24, 2.45) is 5.92 Å². The number of carbonyl (C=O) groups excluding carboxylic acids is 2. The zero-order valence-corrected chi connectivity index (χ0v) is 18.6. The average molecular weight is 453 g/mol. The lowest BCUT2D eigenvalue weighted by Gasteiger charge is -2.16. The van der Waals surface area contributed by atoms with Gasteiger partial charge >= 0.3 is 0 Å². The van der Waals surface area contributed by atoms with E-state index in [1.54, 1.807) is 17.0 Å². The number of likely N-dealkylation sites (tertiary alicyclic amines) is 1. The van der Waals surface area contributed by atoms with Crippen LogP contribution in [-0.2, 0) is 22.4 Å². The predicted octanol–water partition coefficient (Wildman–Crippen LogP) is 4.05. The maximum Gasteiger partial charge on any atom is 0.231 e. The number of nitrogens with zero attached hydrogens (tertiary/aromatic N) is 3. The molecule has 2 aromatic carbocycles. The van der Waals surface area contributed by atoms with E-state index in [1.807, 2.05) is 18.2 Å². The first-order valence-corrected chi connectivity index (χ1v) is 11.5. The zero-order valence-electron chi connectivity index (χ0n) is 17.8. The van der Waals surface area contributed by atoms with Crippen LogP contribution in [0, 0.1) is 11.7 Å². The van der Waals surface area contributed by atoms with Crippen LogP contribution in [0.25, 0.3) is 0 Å². The third-order valence-electron chi connectivity index (χ3n) is 5.72. The average Bonchev–Trinajstić information content (AvgIpc) is 3.40. The molecular weight excluding hydrogens is 427 g/mol. The number of rotatable bonds is 8. The Hall–Kier alpha value is -3.13. The van der Waals surface area contributed by atoms with E-state index < -0.39 is 5.92 Å². The van der Waals surface area contributed by atoms with Crippen molar-refractivity contribution >= 4 is 28.3 Å². The number of aromatic nitrogens is 2. The summed E-state index contributed by atoms with van der Waals surface area (Å²) in [6.45, 7) is 3.02. The minimum atomic E-state index is -0.411. The molecule has 3 aromatic rings. The molecule has 2 heterocycles. The lowest BCUT2D eigenvalue weighted by molar-refractivity contribution is -0.128. The molecule has 1 N–H and O–H groups in total. The van der Waals surface area contributed by atoms with Crippen molar-refractivity contribution in [3.63, 3.8) is 0 Å². The van der Waals surface area contributed by atoms with Crippen LogP contribution in [0.4, 0.5) is 9.52 Å². The van der Waals surface area contributed by atoms with Crippen LogP contribution in [0.1, 0.15) is 35.4 Å². The summed E-state index contributed by atoms with van der Waals surface area (Å²) in [5.74, 6) is -0.637. The maximum absolute atomic E-state index is 13.0. The highest BCUT2D eigenvalue weighted by Gasteiger charge is 2.34. The molecule has 0 bridgehead atoms. The van der Waals surface area contributed by atoms with Gasteiger partial charge in [-0.05, 0) is 35.6 Å². The van der Waals surface area contributed by atoms with E-state index in [9.17, 15) is 14.0 Å². The van der Waals surface area contributed by atoms with E-state index in [4.69, 9.17) is 0 Å². The lowest BCUT2D eigenvalue weighted by Crippen LogP contribution is -2.30. The summed E-state index contributed by atoms with van der Waals surface area (Å²) in [5, 5.41) is 12.5. The monoisotopic (exact) mass is 452 g/mol. The summed E-state index contributed by atoms with van der Waals surface area (Å²) in [6, 6.07) is 16.5. The van der Waals surface area contributed by atoms with E-state index >= 15 is 0 Å². The Morgan fingerprint density at radius 1 is 1.19 bits per heavy atom. The number of hydrogen-bond acceptors (Lipinski definition) is 5. The Labute approximate surface area is 190 Å². The summed E-state index contributed by atoms with van der Waals surface area (Å²) >= 11 is 1.37. The van der Waals surface area contributed by atoms with Crippen molar-refractivity contribution in [2.45, 2.75) is 32.1 Å². The Balaban J connectivity index is 1.28. The smallest absolute Gasteiger partial charge is 0.231 e. The predicted molar refractivity (Wildman–Crippen MR) is 122 cm³/mol. The van der Waals surface area contributed by atoms with E-state index in [-0.39, 0.29) is 24.1 Å². The highest BCUT2D eigenvalue weighted by atomic mass is 32.1. The highest BCUT2D eigenvalue weighted by molar-refractivity contribution is 7.15. The van der Waals surface area contributed by atoms with E-state index in [1.165, 1.54) is 29.0 Å². The summed E-state index contributed by atoms with van der Waals surface area (Å²) in [5.41, 5.74) is 2.19. The van der Waals surface area contributed by atoms with Crippen LogP contribution in [0.15, 0.2) is 54.6 Å². The molecule has 6 nitrogen and oxygen atoms in total. The molecule has 0 saturated carbocycles. The molecule has 4 rings (SSSR count). The topological polar surface area (TPSA) is 75.2 Å². The normalized spacial score (nSPS) is 16.9. The summed E-state index contributed by atoms with van der Waals surface area (Å²) in [4.78, 5) is 26.7. The molecule has 1 fully saturated rings. The van der Waals surface area contributed by atoms with Crippen molar-refractivity contribution in [1.82, 2.24) is 15.1 Å². The van der Waals surface area contributed by atoms with Gasteiger partial charge in [0.2, 0.25) is 16.9 Å². The van der Waals surface area contributed by atoms with Crippen molar-refractivity contribution in [3.05, 3.63) is 76.5 Å². The molecule has 0 aliphatic carbocycles. The fourth-order valence-electron chi connectivity index (χ4n) is 3.83. The van der Waals surface area contributed by atoms with Gasteiger partial charge in [0, 0.05) is 25.9 Å². The molecule has 0 spiro atoms. The van der Waals surface area contributed by atoms with Crippen molar-refractivity contribution in [1.29, 1.82) is 0 Å². The molecule has 0 unspecified atom stereocenters. The van der Waals surface area contributed by atoms with Crippen molar-refractivity contribution in [3.8, 4) is 0 Å². The number of halogens is 1. The second kappa shape index (κ2) is 9.99. The van der Waals surface area contributed by atoms with Crippen LogP contribution in [0.5, 0.6) is 0 Å². The van der Waals surface area contributed by atoms with Crippen LogP contribution >= 0.6 is 11.3 Å². The lowest BCUT2D eigenvalue weighted by atomic mass is 9.98. The van der Waals surface area contributed by atoms with Crippen LogP contribution in [0.3, 0.4) is 0 Å². The molecule has 2 atom stereocenters. The molecule has 1 aromatic heterocycles. The van der Waals surface area contributed by atoms with Crippen LogP contribution in [-0.4, -0.2) is 40.0 Å². The van der Waals surface area contributed by atoms with Gasteiger partial charge < -0.3 is 10.2 Å². The molecular formula is C24H25FN4O2S. The van der Waals surface area contributed by atoms with Gasteiger partial charge in [-0.25, -0.2) is 4.39 Å². The second-order valence-corrected chi connectivity index (χ2v) is 9.19. The van der Waals surface area contributed by atoms with E-state index in [2.05, 4.69) is 34.6 Å². The fourth-order valence-corrected chi connectivity index (χ4v) is 4.71. The van der Waals surface area contributed by atoms with Crippen LogP contribution in [0.2, 0.25) is 0 Å². The molecule has 0 radical (unpaired) electrons. The van der Waals surface area contributed by atoms with E-state index in [0.29, 0.717) is 30.6 Å². The number of carbonyl (C=O) groups is 2. The Kier molecular flexibility index (Phi) is 6.90. The van der Waals surface area contributed by atoms with Crippen molar-refractivity contribution < 1.29 is 14.0 Å². The first kappa shape index (κ1) is 22.1. The Bertz CT molecular complexity index is 1070. The minimum absolute atomic E-state index is 0.0399. The first-order chi connectivity index (χ1) is 15.5. The SMILES string of the molecule is C[C@@H](Cc1nnc(NC(=O)[C@@H]2CC(=O)N(CCc3ccc(F)cc3)C2)s1)c1ccccc1. The number of amides is 2. The second-order valence-electron chi connectivity index (χ2n) is 8.12. The third-order valence-corrected chi connectivity index (χ3v) is 6.58. The van der Waals surface area contributed by atoms with Crippen LogP contribution < -0.4 is 5.32 Å².